The third-order valence-electron chi connectivity index (χ3n) is 1.36. The van der Waals surface area contributed by atoms with E-state index in [0.717, 1.165) is 6.42 Å². The summed E-state index contributed by atoms with van der Waals surface area (Å²) in [6, 6.07) is 0. The number of rotatable bonds is 3. The van der Waals surface area contributed by atoms with E-state index in [9.17, 15) is 0 Å². The van der Waals surface area contributed by atoms with Gasteiger partial charge in [-0.3, -0.25) is 0 Å². The van der Waals surface area contributed by atoms with Gasteiger partial charge in [0.25, 0.3) is 0 Å². The van der Waals surface area contributed by atoms with Gasteiger partial charge in [-0.15, -0.1) is 0 Å². The molecule has 1 heterocycles. The molecular formula is C6H11ClO. The summed E-state index contributed by atoms with van der Waals surface area (Å²) in [5.41, 5.74) is 0.0431. The molecule has 1 rings (SSSR count). The molecule has 0 aromatic carbocycles. The molecule has 0 N–H and O–H groups in total. The summed E-state index contributed by atoms with van der Waals surface area (Å²) in [4.78, 5) is 0. The van der Waals surface area contributed by atoms with E-state index in [1.54, 1.807) is 0 Å². The minimum absolute atomic E-state index is 0.0431. The van der Waals surface area contributed by atoms with Crippen LogP contribution < -0.4 is 0 Å². The van der Waals surface area contributed by atoms with Crippen molar-refractivity contribution in [3.05, 3.63) is 0 Å². The van der Waals surface area contributed by atoms with Crippen LogP contribution in [0.15, 0.2) is 0 Å². The molecule has 0 aliphatic carbocycles. The van der Waals surface area contributed by atoms with Gasteiger partial charge in [0.15, 0.2) is 5.56 Å². The fourth-order valence-electron chi connectivity index (χ4n) is 0.726. The van der Waals surface area contributed by atoms with Crippen LogP contribution >= 0.6 is 11.6 Å². The smallest absolute Gasteiger partial charge is 0.157 e. The summed E-state index contributed by atoms with van der Waals surface area (Å²) in [5, 5.41) is 0. The zero-order chi connectivity index (χ0) is 5.98. The highest BCUT2D eigenvalue weighted by molar-refractivity contribution is 6.21. The first kappa shape index (κ1) is 6.37. The van der Waals surface area contributed by atoms with Crippen molar-refractivity contribution in [2.24, 2.45) is 0 Å². The quantitative estimate of drug-likeness (QED) is 0.426. The Morgan fingerprint density at radius 3 is 2.62 bits per heavy atom. The van der Waals surface area contributed by atoms with Crippen LogP contribution in [0.5, 0.6) is 0 Å². The first-order chi connectivity index (χ1) is 3.84. The lowest BCUT2D eigenvalue weighted by atomic mass is 10.2. The van der Waals surface area contributed by atoms with Crippen LogP contribution in [0.4, 0.5) is 0 Å². The Balaban J connectivity index is 1.89. The number of ether oxygens (including phenoxy) is 1. The zero-order valence-corrected chi connectivity index (χ0v) is 5.82. The van der Waals surface area contributed by atoms with E-state index in [2.05, 4.69) is 6.92 Å². The van der Waals surface area contributed by atoms with E-state index in [1.807, 2.05) is 0 Å². The highest BCUT2D eigenvalue weighted by atomic mass is 35.5. The van der Waals surface area contributed by atoms with Crippen LogP contribution in [0.3, 0.4) is 0 Å². The van der Waals surface area contributed by atoms with Crippen molar-refractivity contribution >= 4 is 11.6 Å². The van der Waals surface area contributed by atoms with Crippen LogP contribution in [-0.4, -0.2) is 11.7 Å². The molecule has 8 heavy (non-hydrogen) atoms. The summed E-state index contributed by atoms with van der Waals surface area (Å²) in [7, 11) is 0. The number of alkyl halides is 1. The number of epoxide rings is 1. The Labute approximate surface area is 55.0 Å². The van der Waals surface area contributed by atoms with Crippen molar-refractivity contribution in [1.82, 2.24) is 0 Å². The van der Waals surface area contributed by atoms with E-state index in [1.165, 1.54) is 12.8 Å². The van der Waals surface area contributed by atoms with Crippen molar-refractivity contribution in [3.63, 3.8) is 0 Å². The molecule has 0 saturated carbocycles. The van der Waals surface area contributed by atoms with Crippen LogP contribution in [-0.2, 0) is 4.74 Å². The maximum atomic E-state index is 5.57. The van der Waals surface area contributed by atoms with Gasteiger partial charge in [-0.05, 0) is 6.42 Å². The second-order valence-electron chi connectivity index (χ2n) is 2.17. The molecule has 1 aliphatic heterocycles. The van der Waals surface area contributed by atoms with E-state index < -0.39 is 0 Å². The highest BCUT2D eigenvalue weighted by Gasteiger charge is 2.35. The van der Waals surface area contributed by atoms with Crippen LogP contribution in [0, 0.1) is 0 Å². The second-order valence-corrected chi connectivity index (χ2v) is 2.60. The number of hydrogen-bond donors (Lipinski definition) is 0. The molecule has 1 saturated heterocycles. The van der Waals surface area contributed by atoms with Crippen LogP contribution in [0.25, 0.3) is 0 Å². The summed E-state index contributed by atoms with van der Waals surface area (Å²) >= 11 is 5.57. The molecule has 48 valence electrons. The number of halogens is 1. The predicted octanol–water partition coefficient (Wildman–Crippen LogP) is 2.14. The summed E-state index contributed by atoms with van der Waals surface area (Å²) in [5.74, 6) is 0. The monoisotopic (exact) mass is 134 g/mol. The van der Waals surface area contributed by atoms with Gasteiger partial charge in [0, 0.05) is 0 Å². The average Bonchev–Trinajstić information content (AvgIpc) is 2.42. The van der Waals surface area contributed by atoms with Crippen LogP contribution in [0.2, 0.25) is 0 Å². The van der Waals surface area contributed by atoms with Gasteiger partial charge in [-0.2, -0.15) is 0 Å². The first-order valence-corrected chi connectivity index (χ1v) is 3.57. The minimum Gasteiger partial charge on any atom is -0.352 e. The van der Waals surface area contributed by atoms with E-state index in [0.29, 0.717) is 6.10 Å². The molecule has 0 aromatic heterocycles. The lowest BCUT2D eigenvalue weighted by Crippen LogP contribution is -1.85. The molecule has 1 nitrogen and oxygen atoms in total. The van der Waals surface area contributed by atoms with E-state index in [-0.39, 0.29) is 5.56 Å². The molecule has 0 radical (unpaired) electrons. The van der Waals surface area contributed by atoms with Crippen molar-refractivity contribution in [1.29, 1.82) is 0 Å². The fraction of sp³-hybridized carbons (Fsp3) is 1.00. The van der Waals surface area contributed by atoms with Gasteiger partial charge >= 0.3 is 0 Å². The van der Waals surface area contributed by atoms with Gasteiger partial charge in [-0.1, -0.05) is 31.4 Å². The molecule has 2 atom stereocenters. The zero-order valence-electron chi connectivity index (χ0n) is 5.06. The molecule has 1 fully saturated rings. The SMILES string of the molecule is CCCCC1OC1Cl. The van der Waals surface area contributed by atoms with Gasteiger partial charge in [0.2, 0.25) is 0 Å². The average molecular weight is 135 g/mol. The van der Waals surface area contributed by atoms with Crippen molar-refractivity contribution in [2.45, 2.75) is 37.9 Å². The molecule has 0 bridgehead atoms. The lowest BCUT2D eigenvalue weighted by Gasteiger charge is -1.87. The van der Waals surface area contributed by atoms with Gasteiger partial charge in [0.1, 0.15) is 0 Å². The molecule has 2 heteroatoms. The second kappa shape index (κ2) is 2.70. The highest BCUT2D eigenvalue weighted by Crippen LogP contribution is 2.29. The number of hydrogen-bond acceptors (Lipinski definition) is 1. The first-order valence-electron chi connectivity index (χ1n) is 3.14. The molecule has 0 aromatic rings. The van der Waals surface area contributed by atoms with E-state index >= 15 is 0 Å². The fourth-order valence-corrected chi connectivity index (χ4v) is 0.984. The number of unbranched alkanes of at least 4 members (excludes halogenated alkanes) is 1. The predicted molar refractivity (Wildman–Crippen MR) is 34.0 cm³/mol. The summed E-state index contributed by atoms with van der Waals surface area (Å²) in [6.07, 6.45) is 4.01. The Kier molecular flexibility index (Phi) is 2.15. The largest absolute Gasteiger partial charge is 0.352 e. The van der Waals surface area contributed by atoms with Gasteiger partial charge in [0.05, 0.1) is 6.10 Å². The third kappa shape index (κ3) is 1.64. The normalized spacial score (nSPS) is 35.2. The topological polar surface area (TPSA) is 12.5 Å². The Morgan fingerprint density at radius 1 is 1.62 bits per heavy atom. The summed E-state index contributed by atoms with van der Waals surface area (Å²) < 4.78 is 4.98. The standard InChI is InChI=1S/C6H11ClO/c1-2-3-4-5-6(7)8-5/h5-6H,2-4H2,1H3. The molecule has 1 aliphatic rings. The van der Waals surface area contributed by atoms with Crippen molar-refractivity contribution in [2.75, 3.05) is 0 Å². The minimum atomic E-state index is 0.0431. The third-order valence-corrected chi connectivity index (χ3v) is 1.75. The lowest BCUT2D eigenvalue weighted by molar-refractivity contribution is 0.383. The Bertz CT molecular complexity index is 74.9. The van der Waals surface area contributed by atoms with Crippen LogP contribution in [0.1, 0.15) is 26.2 Å². The van der Waals surface area contributed by atoms with Gasteiger partial charge in [-0.25, -0.2) is 0 Å². The molecule has 0 amide bonds. The van der Waals surface area contributed by atoms with Gasteiger partial charge < -0.3 is 4.74 Å². The molecule has 2 unspecified atom stereocenters. The maximum absolute atomic E-state index is 5.57. The molecule has 0 spiro atoms. The van der Waals surface area contributed by atoms with Crippen molar-refractivity contribution < 1.29 is 4.74 Å². The Hall–Kier alpha value is 0.250. The Morgan fingerprint density at radius 2 is 2.25 bits per heavy atom. The van der Waals surface area contributed by atoms with E-state index in [4.69, 9.17) is 16.3 Å². The summed E-state index contributed by atoms with van der Waals surface area (Å²) in [6.45, 7) is 2.17. The maximum Gasteiger partial charge on any atom is 0.157 e. The molecular weight excluding hydrogens is 124 g/mol. The van der Waals surface area contributed by atoms with Crippen molar-refractivity contribution in [3.8, 4) is 0 Å².